The third-order valence-corrected chi connectivity index (χ3v) is 3.09. The van der Waals surface area contributed by atoms with Gasteiger partial charge in [0.2, 0.25) is 0 Å². The lowest BCUT2D eigenvalue weighted by molar-refractivity contribution is -0.137. The van der Waals surface area contributed by atoms with E-state index in [1.165, 1.54) is 18.2 Å². The van der Waals surface area contributed by atoms with Gasteiger partial charge in [0.15, 0.2) is 6.10 Å². The molecule has 0 aliphatic carbocycles. The molecule has 0 aliphatic rings. The van der Waals surface area contributed by atoms with Gasteiger partial charge in [-0.1, -0.05) is 18.9 Å². The second-order valence-electron chi connectivity index (χ2n) is 5.07. The summed E-state index contributed by atoms with van der Waals surface area (Å²) >= 11 is 0. The smallest absolute Gasteiger partial charge is 0.303 e. The van der Waals surface area contributed by atoms with Crippen LogP contribution in [0.2, 0.25) is 0 Å². The van der Waals surface area contributed by atoms with Gasteiger partial charge in [-0.2, -0.15) is 0 Å². The van der Waals surface area contributed by atoms with Gasteiger partial charge in [0.05, 0.1) is 0 Å². The highest BCUT2D eigenvalue weighted by molar-refractivity contribution is 5.80. The van der Waals surface area contributed by atoms with Crippen molar-refractivity contribution < 1.29 is 23.8 Å². The Morgan fingerprint density at radius 1 is 1.27 bits per heavy atom. The van der Waals surface area contributed by atoms with E-state index in [0.717, 1.165) is 19.3 Å². The zero-order valence-electron chi connectivity index (χ0n) is 12.7. The highest BCUT2D eigenvalue weighted by atomic mass is 19.1. The predicted molar refractivity (Wildman–Crippen MR) is 80.2 cm³/mol. The monoisotopic (exact) mass is 311 g/mol. The third-order valence-electron chi connectivity index (χ3n) is 3.09. The second-order valence-corrected chi connectivity index (χ2v) is 5.07. The number of carbonyl (C=O) groups is 2. The summed E-state index contributed by atoms with van der Waals surface area (Å²) in [7, 11) is 0. The Labute approximate surface area is 129 Å². The van der Waals surface area contributed by atoms with E-state index in [1.807, 2.05) is 0 Å². The Morgan fingerprint density at radius 2 is 2.00 bits per heavy atom. The molecule has 0 saturated heterocycles. The number of carboxylic acid groups (broad SMARTS) is 1. The molecule has 0 heterocycles. The molecule has 6 heteroatoms. The first-order chi connectivity index (χ1) is 10.5. The fraction of sp³-hybridized carbons (Fsp3) is 0.500. The number of hydrogen-bond donors (Lipinski definition) is 2. The molecular formula is C16H22FNO4. The van der Waals surface area contributed by atoms with Crippen LogP contribution < -0.4 is 10.1 Å². The number of benzene rings is 1. The van der Waals surface area contributed by atoms with Crippen LogP contribution in [0, 0.1) is 5.82 Å². The van der Waals surface area contributed by atoms with Crippen molar-refractivity contribution in [1.29, 1.82) is 0 Å². The summed E-state index contributed by atoms with van der Waals surface area (Å²) in [6.07, 6.45) is 2.63. The van der Waals surface area contributed by atoms with E-state index in [4.69, 9.17) is 9.84 Å². The molecule has 0 bridgehead atoms. The number of halogens is 1. The zero-order valence-corrected chi connectivity index (χ0v) is 12.7. The molecule has 0 aromatic heterocycles. The van der Waals surface area contributed by atoms with E-state index in [1.54, 1.807) is 13.0 Å². The molecule has 0 saturated carbocycles. The van der Waals surface area contributed by atoms with Crippen molar-refractivity contribution in [2.75, 3.05) is 6.54 Å². The van der Waals surface area contributed by atoms with Crippen molar-refractivity contribution in [2.45, 2.75) is 45.1 Å². The molecule has 1 rings (SSSR count). The second kappa shape index (κ2) is 9.76. The van der Waals surface area contributed by atoms with Gasteiger partial charge in [0, 0.05) is 19.0 Å². The quantitative estimate of drug-likeness (QED) is 0.652. The first-order valence-corrected chi connectivity index (χ1v) is 7.41. The highest BCUT2D eigenvalue weighted by Crippen LogP contribution is 2.13. The van der Waals surface area contributed by atoms with Crippen molar-refractivity contribution >= 4 is 11.9 Å². The van der Waals surface area contributed by atoms with Crippen LogP contribution in [0.4, 0.5) is 4.39 Å². The Bertz CT molecular complexity index is 493. The normalized spacial score (nSPS) is 11.7. The van der Waals surface area contributed by atoms with Crippen LogP contribution in [0.3, 0.4) is 0 Å². The van der Waals surface area contributed by atoms with Gasteiger partial charge in [-0.25, -0.2) is 4.39 Å². The summed E-state index contributed by atoms with van der Waals surface area (Å²) in [5, 5.41) is 11.2. The van der Waals surface area contributed by atoms with Gasteiger partial charge >= 0.3 is 5.97 Å². The summed E-state index contributed by atoms with van der Waals surface area (Å²) < 4.78 is 18.4. The summed E-state index contributed by atoms with van der Waals surface area (Å²) in [6.45, 7) is 2.12. The average molecular weight is 311 g/mol. The molecule has 122 valence electrons. The minimum Gasteiger partial charge on any atom is -0.481 e. The fourth-order valence-electron chi connectivity index (χ4n) is 1.91. The number of amides is 1. The number of ether oxygens (including phenoxy) is 1. The topological polar surface area (TPSA) is 75.6 Å². The highest BCUT2D eigenvalue weighted by Gasteiger charge is 2.14. The molecule has 0 fully saturated rings. The number of hydrogen-bond acceptors (Lipinski definition) is 3. The molecule has 1 atom stereocenters. The van der Waals surface area contributed by atoms with E-state index in [0.29, 0.717) is 18.7 Å². The van der Waals surface area contributed by atoms with Gasteiger partial charge < -0.3 is 15.2 Å². The lowest BCUT2D eigenvalue weighted by Gasteiger charge is -2.14. The lowest BCUT2D eigenvalue weighted by Crippen LogP contribution is -2.36. The van der Waals surface area contributed by atoms with Crippen molar-refractivity contribution in [3.63, 3.8) is 0 Å². The maximum atomic E-state index is 13.0. The van der Waals surface area contributed by atoms with Crippen LogP contribution in [0.15, 0.2) is 24.3 Å². The number of carbonyl (C=O) groups excluding carboxylic acids is 1. The molecule has 1 aromatic rings. The van der Waals surface area contributed by atoms with Gasteiger partial charge in [-0.3, -0.25) is 9.59 Å². The molecule has 0 aliphatic heterocycles. The largest absolute Gasteiger partial charge is 0.481 e. The lowest BCUT2D eigenvalue weighted by atomic mass is 10.1. The maximum absolute atomic E-state index is 13.0. The first kappa shape index (κ1) is 17.9. The number of nitrogens with one attached hydrogen (secondary N) is 1. The number of aliphatic carboxylic acids is 1. The van der Waals surface area contributed by atoms with Crippen LogP contribution in [-0.2, 0) is 9.59 Å². The zero-order chi connectivity index (χ0) is 16.4. The SMILES string of the molecule is CC(Oc1cccc(F)c1)C(=O)NCCCCCCC(=O)O. The van der Waals surface area contributed by atoms with E-state index in [9.17, 15) is 14.0 Å². The minimum atomic E-state index is -0.781. The maximum Gasteiger partial charge on any atom is 0.303 e. The first-order valence-electron chi connectivity index (χ1n) is 7.41. The molecule has 1 aromatic carbocycles. The molecule has 0 radical (unpaired) electrons. The van der Waals surface area contributed by atoms with E-state index in [-0.39, 0.29) is 12.3 Å². The van der Waals surface area contributed by atoms with Crippen molar-refractivity contribution in [1.82, 2.24) is 5.32 Å². The van der Waals surface area contributed by atoms with Crippen LogP contribution in [0.25, 0.3) is 0 Å². The molecule has 0 spiro atoms. The fourth-order valence-corrected chi connectivity index (χ4v) is 1.91. The predicted octanol–water partition coefficient (Wildman–Crippen LogP) is 2.74. The summed E-state index contributed by atoms with van der Waals surface area (Å²) in [4.78, 5) is 22.1. The van der Waals surface area contributed by atoms with Crippen LogP contribution in [-0.4, -0.2) is 29.6 Å². The van der Waals surface area contributed by atoms with E-state index in [2.05, 4.69) is 5.32 Å². The summed E-state index contributed by atoms with van der Waals surface area (Å²) in [5.41, 5.74) is 0. The Kier molecular flexibility index (Phi) is 7.96. The average Bonchev–Trinajstić information content (AvgIpc) is 2.45. The molecule has 2 N–H and O–H groups in total. The molecule has 5 nitrogen and oxygen atoms in total. The van der Waals surface area contributed by atoms with Crippen LogP contribution >= 0.6 is 0 Å². The molecule has 1 unspecified atom stereocenters. The van der Waals surface area contributed by atoms with Gasteiger partial charge in [-0.15, -0.1) is 0 Å². The standard InChI is InChI=1S/C16H22FNO4/c1-12(22-14-8-6-7-13(17)11-14)16(21)18-10-5-3-2-4-9-15(19)20/h6-8,11-12H,2-5,9-10H2,1H3,(H,18,21)(H,19,20). The van der Waals surface area contributed by atoms with E-state index < -0.39 is 17.9 Å². The van der Waals surface area contributed by atoms with Gasteiger partial charge in [0.1, 0.15) is 11.6 Å². The Hall–Kier alpha value is -2.11. The molecule has 1 amide bonds. The van der Waals surface area contributed by atoms with Crippen molar-refractivity contribution in [2.24, 2.45) is 0 Å². The number of unbranched alkanes of at least 4 members (excludes halogenated alkanes) is 3. The molecule has 22 heavy (non-hydrogen) atoms. The summed E-state index contributed by atoms with van der Waals surface area (Å²) in [5.74, 6) is -1.13. The van der Waals surface area contributed by atoms with Crippen molar-refractivity contribution in [3.05, 3.63) is 30.1 Å². The number of carboxylic acids is 1. The Morgan fingerprint density at radius 3 is 2.68 bits per heavy atom. The van der Waals surface area contributed by atoms with E-state index >= 15 is 0 Å². The van der Waals surface area contributed by atoms with Crippen LogP contribution in [0.1, 0.15) is 39.0 Å². The Balaban J connectivity index is 2.15. The van der Waals surface area contributed by atoms with Gasteiger partial charge in [0.25, 0.3) is 5.91 Å². The van der Waals surface area contributed by atoms with Gasteiger partial charge in [-0.05, 0) is 31.9 Å². The summed E-state index contributed by atoms with van der Waals surface area (Å²) in [6, 6.07) is 5.65. The molecular weight excluding hydrogens is 289 g/mol. The number of rotatable bonds is 10. The third kappa shape index (κ3) is 7.61. The minimum absolute atomic E-state index is 0.185. The van der Waals surface area contributed by atoms with Crippen LogP contribution in [0.5, 0.6) is 5.75 Å². The van der Waals surface area contributed by atoms with Crippen molar-refractivity contribution in [3.8, 4) is 5.75 Å².